The van der Waals surface area contributed by atoms with Gasteiger partial charge in [-0.05, 0) is 50.6 Å². The Kier molecular flexibility index (Phi) is 4.93. The molecule has 0 radical (unpaired) electrons. The number of rotatable bonds is 3. The van der Waals surface area contributed by atoms with Crippen LogP contribution in [0.25, 0.3) is 10.4 Å². The van der Waals surface area contributed by atoms with E-state index in [1.54, 1.807) is 0 Å². The maximum Gasteiger partial charge on any atom is 0.00474 e. The van der Waals surface area contributed by atoms with E-state index in [4.69, 9.17) is 5.53 Å². The molecule has 4 heteroatoms. The molecule has 0 heterocycles. The normalized spacial score (nSPS) is 24.3. The predicted octanol–water partition coefficient (Wildman–Crippen LogP) is 5.36. The molecule has 0 amide bonds. The van der Waals surface area contributed by atoms with E-state index in [0.29, 0.717) is 0 Å². The minimum atomic E-state index is -0.389. The summed E-state index contributed by atoms with van der Waals surface area (Å²) >= 11 is 0. The van der Waals surface area contributed by atoms with Crippen LogP contribution in [0.5, 0.6) is 0 Å². The predicted molar refractivity (Wildman–Crippen MR) is 69.8 cm³/mol. The van der Waals surface area contributed by atoms with Gasteiger partial charge in [0.25, 0.3) is 0 Å². The Morgan fingerprint density at radius 1 is 0.812 bits per heavy atom. The summed E-state index contributed by atoms with van der Waals surface area (Å²) in [6.45, 7) is 0. The first-order chi connectivity index (χ1) is 7.92. The number of hydrogen-bond acceptors (Lipinski definition) is 1. The maximum atomic E-state index is 8.77. The van der Waals surface area contributed by atoms with Gasteiger partial charge in [-0.25, -0.2) is 0 Å². The molecule has 3 nitrogen and oxygen atoms in total. The molecule has 16 heavy (non-hydrogen) atoms. The molecule has 2 saturated carbocycles. The van der Waals surface area contributed by atoms with Gasteiger partial charge in [-0.15, -0.1) is 0 Å². The number of hydrogen-bond donors (Lipinski definition) is 0. The highest BCUT2D eigenvalue weighted by atomic mass is 31.1. The van der Waals surface area contributed by atoms with E-state index < -0.39 is 0 Å². The quantitative estimate of drug-likeness (QED) is 0.275. The van der Waals surface area contributed by atoms with Crippen LogP contribution in [0.2, 0.25) is 0 Å². The van der Waals surface area contributed by atoms with Crippen molar-refractivity contribution in [3.63, 3.8) is 0 Å². The molecular formula is C12H22N3P. The van der Waals surface area contributed by atoms with Gasteiger partial charge in [0.05, 0.1) is 0 Å². The lowest BCUT2D eigenvalue weighted by Crippen LogP contribution is -2.19. The molecule has 0 atom stereocenters. The van der Waals surface area contributed by atoms with Crippen molar-refractivity contribution in [1.29, 1.82) is 0 Å². The minimum absolute atomic E-state index is 0.389. The third kappa shape index (κ3) is 3.12. The molecule has 0 saturated heterocycles. The van der Waals surface area contributed by atoms with Crippen molar-refractivity contribution < 1.29 is 0 Å². The lowest BCUT2D eigenvalue weighted by atomic mass is 10.00. The van der Waals surface area contributed by atoms with Gasteiger partial charge >= 0.3 is 0 Å². The van der Waals surface area contributed by atoms with Crippen LogP contribution in [0.4, 0.5) is 0 Å². The molecule has 2 aliphatic carbocycles. The summed E-state index contributed by atoms with van der Waals surface area (Å²) in [6.07, 6.45) is 13.5. The van der Waals surface area contributed by atoms with E-state index in [1.165, 1.54) is 64.2 Å². The monoisotopic (exact) mass is 239 g/mol. The molecule has 0 bridgehead atoms. The van der Waals surface area contributed by atoms with Crippen molar-refractivity contribution in [2.45, 2.75) is 75.5 Å². The second-order valence-corrected chi connectivity index (χ2v) is 7.54. The zero-order valence-corrected chi connectivity index (χ0v) is 10.9. The van der Waals surface area contributed by atoms with Crippen molar-refractivity contribution in [3.8, 4) is 0 Å². The SMILES string of the molecule is [N-]=[N+]=NP(C1CCCCC1)C1CCCCC1. The Morgan fingerprint density at radius 2 is 1.25 bits per heavy atom. The average molecular weight is 239 g/mol. The van der Waals surface area contributed by atoms with Gasteiger partial charge in [-0.3, -0.25) is 0 Å². The van der Waals surface area contributed by atoms with Crippen molar-refractivity contribution >= 4 is 8.07 Å². The molecule has 0 aromatic rings. The Hall–Kier alpha value is -0.260. The highest BCUT2D eigenvalue weighted by Gasteiger charge is 2.30. The Morgan fingerprint density at radius 3 is 1.62 bits per heavy atom. The van der Waals surface area contributed by atoms with Crippen molar-refractivity contribution in [2.24, 2.45) is 4.88 Å². The van der Waals surface area contributed by atoms with Crippen LogP contribution in [-0.2, 0) is 0 Å². The summed E-state index contributed by atoms with van der Waals surface area (Å²) < 4.78 is 0. The van der Waals surface area contributed by atoms with E-state index in [0.717, 1.165) is 11.3 Å². The van der Waals surface area contributed by atoms with Crippen LogP contribution in [-0.4, -0.2) is 11.3 Å². The fourth-order valence-corrected chi connectivity index (χ4v) is 5.95. The molecule has 0 aliphatic heterocycles. The van der Waals surface area contributed by atoms with E-state index in [2.05, 4.69) is 9.80 Å². The van der Waals surface area contributed by atoms with Gasteiger partial charge in [0, 0.05) is 4.91 Å². The summed E-state index contributed by atoms with van der Waals surface area (Å²) in [7, 11) is -0.389. The van der Waals surface area contributed by atoms with Crippen molar-refractivity contribution in [1.82, 2.24) is 0 Å². The largest absolute Gasteiger partial charge is 0.0720 e. The molecular weight excluding hydrogens is 217 g/mol. The molecule has 2 rings (SSSR count). The Bertz CT molecular complexity index is 233. The van der Waals surface area contributed by atoms with Crippen LogP contribution in [0, 0.1) is 0 Å². The minimum Gasteiger partial charge on any atom is -0.0720 e. The molecule has 0 N–H and O–H groups in total. The third-order valence-corrected chi connectivity index (χ3v) is 6.86. The van der Waals surface area contributed by atoms with Gasteiger partial charge in [0.1, 0.15) is 0 Å². The first kappa shape index (κ1) is 12.2. The molecule has 0 unspecified atom stereocenters. The fourth-order valence-electron chi connectivity index (χ4n) is 3.18. The van der Waals surface area contributed by atoms with Crippen LogP contribution < -0.4 is 0 Å². The van der Waals surface area contributed by atoms with E-state index in [9.17, 15) is 0 Å². The summed E-state index contributed by atoms with van der Waals surface area (Å²) in [4.78, 5) is 7.36. The smallest absolute Gasteiger partial charge is 0.00474 e. The Labute approximate surface area is 99.4 Å². The zero-order chi connectivity index (χ0) is 11.2. The second-order valence-electron chi connectivity index (χ2n) is 5.14. The lowest BCUT2D eigenvalue weighted by Gasteiger charge is -2.35. The van der Waals surface area contributed by atoms with Gasteiger partial charge in [0.2, 0.25) is 0 Å². The van der Waals surface area contributed by atoms with Crippen molar-refractivity contribution in [3.05, 3.63) is 10.4 Å². The average Bonchev–Trinajstić information content (AvgIpc) is 2.38. The van der Waals surface area contributed by atoms with Crippen LogP contribution in [0.3, 0.4) is 0 Å². The zero-order valence-electron chi connectivity index (χ0n) is 10.0. The molecule has 0 spiro atoms. The van der Waals surface area contributed by atoms with Gasteiger partial charge in [-0.1, -0.05) is 43.4 Å². The fraction of sp³-hybridized carbons (Fsp3) is 1.00. The van der Waals surface area contributed by atoms with E-state index in [1.807, 2.05) is 0 Å². The Balaban J connectivity index is 1.99. The number of azide groups is 1. The molecule has 2 aliphatic rings. The van der Waals surface area contributed by atoms with Crippen LogP contribution in [0.1, 0.15) is 64.2 Å². The number of nitrogens with zero attached hydrogens (tertiary/aromatic N) is 3. The summed E-state index contributed by atoms with van der Waals surface area (Å²) in [5, 5.41) is 0. The second kappa shape index (κ2) is 6.47. The van der Waals surface area contributed by atoms with Crippen LogP contribution in [0.15, 0.2) is 4.88 Å². The molecule has 2 fully saturated rings. The van der Waals surface area contributed by atoms with Gasteiger partial charge in [-0.2, -0.15) is 0 Å². The van der Waals surface area contributed by atoms with E-state index >= 15 is 0 Å². The third-order valence-electron chi connectivity index (χ3n) is 4.04. The molecule has 0 aromatic heterocycles. The topological polar surface area (TPSA) is 48.8 Å². The van der Waals surface area contributed by atoms with Crippen LogP contribution >= 0.6 is 8.07 Å². The lowest BCUT2D eigenvalue weighted by molar-refractivity contribution is 0.484. The van der Waals surface area contributed by atoms with E-state index in [-0.39, 0.29) is 8.07 Å². The summed E-state index contributed by atoms with van der Waals surface area (Å²) in [5.41, 5.74) is 10.3. The van der Waals surface area contributed by atoms with Gasteiger partial charge < -0.3 is 0 Å². The molecule has 90 valence electrons. The van der Waals surface area contributed by atoms with Gasteiger partial charge in [0.15, 0.2) is 0 Å². The highest BCUT2D eigenvalue weighted by molar-refractivity contribution is 7.57. The maximum absolute atomic E-state index is 8.77. The first-order valence-corrected chi connectivity index (χ1v) is 8.18. The van der Waals surface area contributed by atoms with Crippen molar-refractivity contribution in [2.75, 3.05) is 0 Å². The molecule has 0 aromatic carbocycles. The summed E-state index contributed by atoms with van der Waals surface area (Å²) in [5.74, 6) is 0. The standard InChI is InChI=1S/C12H22N3P/c13-14-15-16(11-7-3-1-4-8-11)12-9-5-2-6-10-12/h11-12H,1-10H2. The first-order valence-electron chi connectivity index (χ1n) is 6.75. The summed E-state index contributed by atoms with van der Waals surface area (Å²) in [6, 6.07) is 0. The highest BCUT2D eigenvalue weighted by Crippen LogP contribution is 2.56.